The maximum absolute atomic E-state index is 13.0. The summed E-state index contributed by atoms with van der Waals surface area (Å²) in [5, 5.41) is 12.4. The molecule has 0 fully saturated rings. The van der Waals surface area contributed by atoms with Crippen molar-refractivity contribution in [2.24, 2.45) is 5.41 Å². The van der Waals surface area contributed by atoms with Gasteiger partial charge in [0, 0.05) is 12.6 Å². The number of aliphatic hydroxyl groups is 1. The molecule has 118 valence electrons. The van der Waals surface area contributed by atoms with Crippen molar-refractivity contribution in [1.82, 2.24) is 5.32 Å². The molecule has 0 heterocycles. The Morgan fingerprint density at radius 1 is 1.33 bits per heavy atom. The molecule has 0 radical (unpaired) electrons. The summed E-state index contributed by atoms with van der Waals surface area (Å²) < 4.78 is 31.0. The van der Waals surface area contributed by atoms with E-state index in [1.807, 2.05) is 20.8 Å². The summed E-state index contributed by atoms with van der Waals surface area (Å²) in [4.78, 5) is 11.8. The molecule has 1 amide bonds. The Morgan fingerprint density at radius 2 is 1.95 bits per heavy atom. The molecule has 0 aliphatic carbocycles. The van der Waals surface area contributed by atoms with Crippen LogP contribution in [0.25, 0.3) is 0 Å². The van der Waals surface area contributed by atoms with Crippen LogP contribution in [0.5, 0.6) is 5.75 Å². The zero-order valence-corrected chi connectivity index (χ0v) is 12.6. The first-order valence-corrected chi connectivity index (χ1v) is 6.68. The largest absolute Gasteiger partial charge is 0.481 e. The van der Waals surface area contributed by atoms with Gasteiger partial charge < -0.3 is 15.2 Å². The quantitative estimate of drug-likeness (QED) is 0.877. The number of aliphatic hydroxyl groups excluding tert-OH is 1. The Hall–Kier alpha value is -1.69. The fourth-order valence-corrected chi connectivity index (χ4v) is 1.45. The molecule has 0 saturated carbocycles. The van der Waals surface area contributed by atoms with E-state index in [0.29, 0.717) is 0 Å². The van der Waals surface area contributed by atoms with E-state index in [0.717, 1.165) is 12.1 Å². The lowest BCUT2D eigenvalue weighted by Gasteiger charge is -2.26. The molecule has 1 aromatic rings. The first-order valence-electron chi connectivity index (χ1n) is 6.68. The first-order chi connectivity index (χ1) is 9.61. The summed E-state index contributed by atoms with van der Waals surface area (Å²) in [5.41, 5.74) is -0.350. The summed E-state index contributed by atoms with van der Waals surface area (Å²) in [6, 6.07) is 3.05. The van der Waals surface area contributed by atoms with Gasteiger partial charge in [-0.1, -0.05) is 20.8 Å². The second-order valence-corrected chi connectivity index (χ2v) is 5.96. The summed E-state index contributed by atoms with van der Waals surface area (Å²) in [7, 11) is 0. The lowest BCUT2D eigenvalue weighted by Crippen LogP contribution is -2.43. The average molecular weight is 301 g/mol. The van der Waals surface area contributed by atoms with Crippen LogP contribution in [0.4, 0.5) is 8.78 Å². The highest BCUT2D eigenvalue weighted by Crippen LogP contribution is 2.19. The third-order valence-electron chi connectivity index (χ3n) is 3.04. The van der Waals surface area contributed by atoms with E-state index in [4.69, 9.17) is 4.74 Å². The van der Waals surface area contributed by atoms with Crippen molar-refractivity contribution in [3.8, 4) is 5.75 Å². The van der Waals surface area contributed by atoms with Crippen LogP contribution in [0.15, 0.2) is 18.2 Å². The Kier molecular flexibility index (Phi) is 5.66. The normalized spacial score (nSPS) is 14.4. The fraction of sp³-hybridized carbons (Fsp3) is 0.533. The number of halogens is 2. The zero-order chi connectivity index (χ0) is 16.2. The minimum absolute atomic E-state index is 0.0629. The van der Waals surface area contributed by atoms with Crippen LogP contribution in [0.3, 0.4) is 0 Å². The van der Waals surface area contributed by atoms with Gasteiger partial charge in [-0.05, 0) is 24.5 Å². The van der Waals surface area contributed by atoms with Crippen LogP contribution < -0.4 is 10.1 Å². The van der Waals surface area contributed by atoms with Crippen LogP contribution in [-0.2, 0) is 4.79 Å². The van der Waals surface area contributed by atoms with Gasteiger partial charge in [0.15, 0.2) is 17.7 Å². The topological polar surface area (TPSA) is 58.6 Å². The van der Waals surface area contributed by atoms with Crippen molar-refractivity contribution in [3.05, 3.63) is 29.8 Å². The van der Waals surface area contributed by atoms with Gasteiger partial charge >= 0.3 is 0 Å². The molecule has 6 heteroatoms. The van der Waals surface area contributed by atoms with Crippen molar-refractivity contribution >= 4 is 5.91 Å². The van der Waals surface area contributed by atoms with E-state index in [1.54, 1.807) is 0 Å². The van der Waals surface area contributed by atoms with Crippen molar-refractivity contribution in [2.75, 3.05) is 6.54 Å². The molecule has 2 unspecified atom stereocenters. The molecule has 0 aromatic heterocycles. The molecule has 1 aromatic carbocycles. The van der Waals surface area contributed by atoms with E-state index >= 15 is 0 Å². The van der Waals surface area contributed by atoms with Crippen molar-refractivity contribution < 1.29 is 23.4 Å². The second kappa shape index (κ2) is 6.85. The van der Waals surface area contributed by atoms with Gasteiger partial charge in [-0.2, -0.15) is 0 Å². The maximum atomic E-state index is 13.0. The molecule has 0 spiro atoms. The van der Waals surface area contributed by atoms with Crippen molar-refractivity contribution in [2.45, 2.75) is 39.9 Å². The summed E-state index contributed by atoms with van der Waals surface area (Å²) >= 11 is 0. The lowest BCUT2D eigenvalue weighted by molar-refractivity contribution is -0.128. The number of hydrogen-bond acceptors (Lipinski definition) is 3. The molecule has 0 aliphatic heterocycles. The van der Waals surface area contributed by atoms with E-state index in [9.17, 15) is 18.7 Å². The Labute approximate surface area is 123 Å². The zero-order valence-electron chi connectivity index (χ0n) is 12.6. The van der Waals surface area contributed by atoms with Gasteiger partial charge in [-0.3, -0.25) is 4.79 Å². The van der Waals surface area contributed by atoms with Gasteiger partial charge in [0.1, 0.15) is 5.75 Å². The van der Waals surface area contributed by atoms with Crippen molar-refractivity contribution in [1.29, 1.82) is 0 Å². The standard InChI is InChI=1S/C15H21F2NO3/c1-9(14(20)18-8-13(19)15(2,3)4)21-10-5-6-11(16)12(17)7-10/h5-7,9,13,19H,8H2,1-4H3,(H,18,20). The maximum Gasteiger partial charge on any atom is 0.260 e. The Morgan fingerprint density at radius 3 is 2.48 bits per heavy atom. The van der Waals surface area contributed by atoms with Gasteiger partial charge in [0.2, 0.25) is 0 Å². The first kappa shape index (κ1) is 17.4. The number of benzene rings is 1. The Balaban J connectivity index is 2.53. The van der Waals surface area contributed by atoms with Crippen LogP contribution in [0, 0.1) is 17.0 Å². The summed E-state index contributed by atoms with van der Waals surface area (Å²) in [6.45, 7) is 7.13. The van der Waals surface area contributed by atoms with Crippen LogP contribution in [0.1, 0.15) is 27.7 Å². The third kappa shape index (κ3) is 5.30. The van der Waals surface area contributed by atoms with E-state index in [2.05, 4.69) is 5.32 Å². The minimum atomic E-state index is -1.04. The van der Waals surface area contributed by atoms with Crippen molar-refractivity contribution in [3.63, 3.8) is 0 Å². The highest BCUT2D eigenvalue weighted by atomic mass is 19.2. The minimum Gasteiger partial charge on any atom is -0.481 e. The van der Waals surface area contributed by atoms with Crippen LogP contribution >= 0.6 is 0 Å². The average Bonchev–Trinajstić information content (AvgIpc) is 2.38. The lowest BCUT2D eigenvalue weighted by atomic mass is 9.89. The molecule has 0 aliphatic rings. The number of hydrogen-bond donors (Lipinski definition) is 2. The predicted octanol–water partition coefficient (Wildman–Crippen LogP) is 2.26. The summed E-state index contributed by atoms with van der Waals surface area (Å²) in [6.07, 6.45) is -1.58. The van der Waals surface area contributed by atoms with Crippen LogP contribution in [-0.4, -0.2) is 29.8 Å². The summed E-state index contributed by atoms with van der Waals surface area (Å²) in [5.74, 6) is -2.40. The SMILES string of the molecule is CC(Oc1ccc(F)c(F)c1)C(=O)NCC(O)C(C)(C)C. The van der Waals surface area contributed by atoms with Crippen LogP contribution in [0.2, 0.25) is 0 Å². The fourth-order valence-electron chi connectivity index (χ4n) is 1.45. The number of carbonyl (C=O) groups excluding carboxylic acids is 1. The van der Waals surface area contributed by atoms with E-state index in [-0.39, 0.29) is 17.7 Å². The van der Waals surface area contributed by atoms with Gasteiger partial charge in [0.25, 0.3) is 5.91 Å². The molecule has 21 heavy (non-hydrogen) atoms. The number of amides is 1. The van der Waals surface area contributed by atoms with Gasteiger partial charge in [0.05, 0.1) is 6.10 Å². The highest BCUT2D eigenvalue weighted by molar-refractivity contribution is 5.80. The predicted molar refractivity (Wildman–Crippen MR) is 74.9 cm³/mol. The number of carbonyl (C=O) groups is 1. The number of rotatable bonds is 5. The monoisotopic (exact) mass is 301 g/mol. The molecular weight excluding hydrogens is 280 g/mol. The third-order valence-corrected chi connectivity index (χ3v) is 3.04. The number of ether oxygens (including phenoxy) is 1. The molecule has 2 atom stereocenters. The van der Waals surface area contributed by atoms with Gasteiger partial charge in [-0.15, -0.1) is 0 Å². The molecular formula is C15H21F2NO3. The molecule has 1 rings (SSSR count). The molecule has 0 saturated heterocycles. The molecule has 0 bridgehead atoms. The molecule has 4 nitrogen and oxygen atoms in total. The Bertz CT molecular complexity index is 500. The number of nitrogens with one attached hydrogen (secondary N) is 1. The van der Waals surface area contributed by atoms with E-state index in [1.165, 1.54) is 13.0 Å². The second-order valence-electron chi connectivity index (χ2n) is 5.96. The molecule has 2 N–H and O–H groups in total. The van der Waals surface area contributed by atoms with Gasteiger partial charge in [-0.25, -0.2) is 8.78 Å². The highest BCUT2D eigenvalue weighted by Gasteiger charge is 2.24. The smallest absolute Gasteiger partial charge is 0.260 e. The van der Waals surface area contributed by atoms with E-state index < -0.39 is 29.7 Å².